The molecule has 0 aliphatic heterocycles. The van der Waals surface area contributed by atoms with Crippen LogP contribution in [0.1, 0.15) is 17.9 Å². The average Bonchev–Trinajstić information content (AvgIpc) is 3.16. The summed E-state index contributed by atoms with van der Waals surface area (Å²) < 4.78 is 16.1. The van der Waals surface area contributed by atoms with E-state index in [-0.39, 0.29) is 12.2 Å². The summed E-state index contributed by atoms with van der Waals surface area (Å²) in [5.41, 5.74) is 1.35. The van der Waals surface area contributed by atoms with Crippen LogP contribution in [0.25, 0.3) is 11.3 Å². The van der Waals surface area contributed by atoms with E-state index in [4.69, 9.17) is 19.2 Å². The number of aromatic nitrogens is 1. The monoisotopic (exact) mass is 348 g/mol. The van der Waals surface area contributed by atoms with Gasteiger partial charge in [0.1, 0.15) is 0 Å². The molecule has 0 spiro atoms. The van der Waals surface area contributed by atoms with Crippen LogP contribution >= 0.6 is 0 Å². The molecule has 0 amide bonds. The van der Waals surface area contributed by atoms with E-state index in [1.807, 2.05) is 36.4 Å². The second-order valence-electron chi connectivity index (χ2n) is 5.44. The zero-order valence-corrected chi connectivity index (χ0v) is 14.1. The normalized spacial score (nSPS) is 10.2. The van der Waals surface area contributed by atoms with Crippen molar-refractivity contribution in [3.8, 4) is 28.9 Å². The molecule has 0 saturated heterocycles. The first kappa shape index (κ1) is 17.2. The molecule has 0 bridgehead atoms. The smallest absolute Gasteiger partial charge is 0.311 e. The van der Waals surface area contributed by atoms with Gasteiger partial charge in [-0.3, -0.25) is 4.79 Å². The lowest BCUT2D eigenvalue weighted by Gasteiger charge is -2.08. The van der Waals surface area contributed by atoms with Gasteiger partial charge < -0.3 is 13.9 Å². The number of rotatable bonds is 6. The van der Waals surface area contributed by atoms with E-state index in [9.17, 15) is 4.79 Å². The predicted octanol–water partition coefficient (Wildman–Crippen LogP) is 3.76. The van der Waals surface area contributed by atoms with Crippen molar-refractivity contribution in [3.63, 3.8) is 0 Å². The number of aryl methyl sites for hydroxylation is 1. The summed E-state index contributed by atoms with van der Waals surface area (Å²) in [5, 5.41) is 8.89. The van der Waals surface area contributed by atoms with Gasteiger partial charge in [-0.15, -0.1) is 0 Å². The molecule has 0 aliphatic carbocycles. The predicted molar refractivity (Wildman–Crippen MR) is 93.6 cm³/mol. The fourth-order valence-electron chi connectivity index (χ4n) is 2.37. The van der Waals surface area contributed by atoms with Crippen LogP contribution in [0.5, 0.6) is 11.5 Å². The van der Waals surface area contributed by atoms with Gasteiger partial charge in [0.15, 0.2) is 23.1 Å². The van der Waals surface area contributed by atoms with Gasteiger partial charge in [0.2, 0.25) is 0 Å². The number of nitrogens with zero attached hydrogens (tertiary/aromatic N) is 2. The Balaban J connectivity index is 1.60. The van der Waals surface area contributed by atoms with Crippen LogP contribution in [0.4, 0.5) is 0 Å². The van der Waals surface area contributed by atoms with E-state index in [1.54, 1.807) is 12.3 Å². The molecule has 0 radical (unpaired) electrons. The number of esters is 1. The highest BCUT2D eigenvalue weighted by Gasteiger charge is 2.13. The Hall–Kier alpha value is -3.59. The summed E-state index contributed by atoms with van der Waals surface area (Å²) in [4.78, 5) is 16.3. The van der Waals surface area contributed by atoms with Gasteiger partial charge in [-0.25, -0.2) is 4.98 Å². The number of nitriles is 1. The molecule has 6 nitrogen and oxygen atoms in total. The minimum Gasteiger partial charge on any atom is -0.493 e. The summed E-state index contributed by atoms with van der Waals surface area (Å²) in [5.74, 6) is 1.29. The van der Waals surface area contributed by atoms with Crippen LogP contribution in [0.15, 0.2) is 59.1 Å². The maximum Gasteiger partial charge on any atom is 0.311 e. The molecule has 3 rings (SSSR count). The highest BCUT2D eigenvalue weighted by atomic mass is 16.6. The van der Waals surface area contributed by atoms with Crippen LogP contribution in [0.3, 0.4) is 0 Å². The van der Waals surface area contributed by atoms with Crippen molar-refractivity contribution in [3.05, 3.63) is 66.2 Å². The lowest BCUT2D eigenvalue weighted by atomic mass is 10.2. The summed E-state index contributed by atoms with van der Waals surface area (Å²) in [6.07, 6.45) is 2.07. The van der Waals surface area contributed by atoms with Gasteiger partial charge in [-0.2, -0.15) is 5.26 Å². The fraction of sp³-hybridized carbons (Fsp3) is 0.150. The highest BCUT2D eigenvalue weighted by molar-refractivity contribution is 5.73. The van der Waals surface area contributed by atoms with E-state index in [1.165, 1.54) is 19.2 Å². The molecule has 2 aromatic carbocycles. The molecule has 1 heterocycles. The first-order valence-electron chi connectivity index (χ1n) is 7.98. The third-order valence-electron chi connectivity index (χ3n) is 3.67. The van der Waals surface area contributed by atoms with Gasteiger partial charge in [0, 0.05) is 18.1 Å². The third kappa shape index (κ3) is 4.08. The molecule has 6 heteroatoms. The first-order valence-corrected chi connectivity index (χ1v) is 7.98. The van der Waals surface area contributed by atoms with E-state index in [0.29, 0.717) is 29.4 Å². The molecule has 0 atom stereocenters. The number of oxazole rings is 1. The van der Waals surface area contributed by atoms with Gasteiger partial charge in [-0.1, -0.05) is 30.3 Å². The topological polar surface area (TPSA) is 85.4 Å². The van der Waals surface area contributed by atoms with Crippen molar-refractivity contribution < 1.29 is 18.7 Å². The molecule has 0 saturated carbocycles. The molecule has 130 valence electrons. The zero-order valence-electron chi connectivity index (χ0n) is 14.1. The SMILES string of the molecule is COc1cc(C#N)ccc1OC(=O)CCc1ncc(-c2ccccc2)o1. The summed E-state index contributed by atoms with van der Waals surface area (Å²) >= 11 is 0. The van der Waals surface area contributed by atoms with Crippen LogP contribution in [-0.4, -0.2) is 18.1 Å². The summed E-state index contributed by atoms with van der Waals surface area (Å²) in [6.45, 7) is 0. The van der Waals surface area contributed by atoms with E-state index >= 15 is 0 Å². The van der Waals surface area contributed by atoms with Crippen molar-refractivity contribution in [1.29, 1.82) is 5.26 Å². The summed E-state index contributed by atoms with van der Waals surface area (Å²) in [7, 11) is 1.45. The highest BCUT2D eigenvalue weighted by Crippen LogP contribution is 2.28. The molecule has 0 unspecified atom stereocenters. The van der Waals surface area contributed by atoms with Crippen molar-refractivity contribution in [2.75, 3.05) is 7.11 Å². The van der Waals surface area contributed by atoms with Crippen LogP contribution in [0.2, 0.25) is 0 Å². The minimum absolute atomic E-state index is 0.109. The molecule has 0 aliphatic rings. The Labute approximate surface area is 150 Å². The van der Waals surface area contributed by atoms with Crippen molar-refractivity contribution in [1.82, 2.24) is 4.98 Å². The van der Waals surface area contributed by atoms with Gasteiger partial charge in [0.05, 0.1) is 31.4 Å². The maximum absolute atomic E-state index is 12.1. The van der Waals surface area contributed by atoms with Crippen molar-refractivity contribution in [2.45, 2.75) is 12.8 Å². The lowest BCUT2D eigenvalue weighted by molar-refractivity contribution is -0.134. The molecule has 1 aromatic heterocycles. The number of methoxy groups -OCH3 is 1. The largest absolute Gasteiger partial charge is 0.493 e. The number of carbonyl (C=O) groups excluding carboxylic acids is 1. The van der Waals surface area contributed by atoms with Crippen LogP contribution < -0.4 is 9.47 Å². The molecule has 26 heavy (non-hydrogen) atoms. The van der Waals surface area contributed by atoms with E-state index in [0.717, 1.165) is 5.56 Å². The first-order chi connectivity index (χ1) is 12.7. The molecular formula is C20H16N2O4. The Kier molecular flexibility index (Phi) is 5.30. The van der Waals surface area contributed by atoms with E-state index in [2.05, 4.69) is 4.98 Å². The lowest BCUT2D eigenvalue weighted by Crippen LogP contribution is -2.10. The number of hydrogen-bond donors (Lipinski definition) is 0. The maximum atomic E-state index is 12.1. The molecule has 0 fully saturated rings. The third-order valence-corrected chi connectivity index (χ3v) is 3.67. The number of benzene rings is 2. The Morgan fingerprint density at radius 1 is 1.19 bits per heavy atom. The van der Waals surface area contributed by atoms with Gasteiger partial charge in [0.25, 0.3) is 0 Å². The Morgan fingerprint density at radius 3 is 2.73 bits per heavy atom. The minimum atomic E-state index is -0.438. The van der Waals surface area contributed by atoms with Gasteiger partial charge in [-0.05, 0) is 12.1 Å². The Bertz CT molecular complexity index is 942. The standard InChI is InChI=1S/C20H16N2O4/c1-24-17-11-14(12-21)7-8-16(17)26-20(23)10-9-19-22-13-18(25-19)15-5-3-2-4-6-15/h2-8,11,13H,9-10H2,1H3. The second-order valence-corrected chi connectivity index (χ2v) is 5.44. The van der Waals surface area contributed by atoms with E-state index < -0.39 is 5.97 Å². The molecular weight excluding hydrogens is 332 g/mol. The van der Waals surface area contributed by atoms with Crippen molar-refractivity contribution >= 4 is 5.97 Å². The fourth-order valence-corrected chi connectivity index (χ4v) is 2.37. The quantitative estimate of drug-likeness (QED) is 0.498. The zero-order chi connectivity index (χ0) is 18.4. The number of hydrogen-bond acceptors (Lipinski definition) is 6. The van der Waals surface area contributed by atoms with Crippen LogP contribution in [0, 0.1) is 11.3 Å². The second kappa shape index (κ2) is 7.99. The van der Waals surface area contributed by atoms with Crippen LogP contribution in [-0.2, 0) is 11.2 Å². The van der Waals surface area contributed by atoms with Crippen molar-refractivity contribution in [2.24, 2.45) is 0 Å². The molecule has 0 N–H and O–H groups in total. The van der Waals surface area contributed by atoms with Gasteiger partial charge >= 0.3 is 5.97 Å². The number of ether oxygens (including phenoxy) is 2. The summed E-state index contributed by atoms with van der Waals surface area (Å²) in [6, 6.07) is 16.2. The molecule has 3 aromatic rings. The number of carbonyl (C=O) groups is 1. The Morgan fingerprint density at radius 2 is 2.00 bits per heavy atom. The average molecular weight is 348 g/mol.